The normalized spacial score (nSPS) is 11.6. The molecule has 0 bridgehead atoms. The molecule has 1 aromatic heterocycles. The van der Waals surface area contributed by atoms with Gasteiger partial charge in [0.25, 0.3) is 10.0 Å². The van der Waals surface area contributed by atoms with E-state index in [1.165, 1.54) is 22.5 Å². The fourth-order valence-corrected chi connectivity index (χ4v) is 4.22. The number of primary amides is 1. The summed E-state index contributed by atoms with van der Waals surface area (Å²) in [6.07, 6.45) is 0. The van der Waals surface area contributed by atoms with E-state index in [9.17, 15) is 18.0 Å². The molecule has 0 radical (unpaired) electrons. The Kier molecular flexibility index (Phi) is 4.56. The molecule has 26 heavy (non-hydrogen) atoms. The molecular formula is C17H17N3O5S. The first kappa shape index (κ1) is 17.7. The van der Waals surface area contributed by atoms with Crippen molar-refractivity contribution >= 4 is 32.7 Å². The highest BCUT2D eigenvalue weighted by Crippen LogP contribution is 2.25. The van der Waals surface area contributed by atoms with Gasteiger partial charge >= 0.3 is 5.76 Å². The molecule has 0 aliphatic carbocycles. The van der Waals surface area contributed by atoms with Gasteiger partial charge in [-0.25, -0.2) is 13.2 Å². The van der Waals surface area contributed by atoms with Gasteiger partial charge in [0, 0.05) is 12.6 Å². The van der Waals surface area contributed by atoms with Gasteiger partial charge in [0.15, 0.2) is 5.58 Å². The number of carbonyl (C=O) groups is 1. The van der Waals surface area contributed by atoms with E-state index in [2.05, 4.69) is 0 Å². The standard InChI is InChI=1S/C17H17N3O5S/c1-2-20(12-6-4-3-5-7-12)26(23,24)13-8-9-14-15(10-13)25-17(22)19(14)11-16(18)21/h3-10H,2,11H2,1H3,(H2,18,21). The molecule has 0 atom stereocenters. The van der Waals surface area contributed by atoms with E-state index in [1.54, 1.807) is 37.3 Å². The van der Waals surface area contributed by atoms with Gasteiger partial charge < -0.3 is 10.2 Å². The number of nitrogens with zero attached hydrogens (tertiary/aromatic N) is 2. The Bertz CT molecular complexity index is 1120. The fraction of sp³-hybridized carbons (Fsp3) is 0.176. The van der Waals surface area contributed by atoms with E-state index in [0.29, 0.717) is 11.2 Å². The molecule has 0 unspecified atom stereocenters. The van der Waals surface area contributed by atoms with Gasteiger partial charge in [-0.3, -0.25) is 13.7 Å². The Balaban J connectivity index is 2.09. The van der Waals surface area contributed by atoms with Crippen LogP contribution in [-0.4, -0.2) is 25.4 Å². The maximum absolute atomic E-state index is 13.0. The van der Waals surface area contributed by atoms with Gasteiger partial charge in [-0.15, -0.1) is 0 Å². The number of amides is 1. The fourth-order valence-electron chi connectivity index (χ4n) is 2.73. The third-order valence-corrected chi connectivity index (χ3v) is 5.77. The van der Waals surface area contributed by atoms with Crippen LogP contribution in [0.4, 0.5) is 5.69 Å². The van der Waals surface area contributed by atoms with Crippen LogP contribution in [0, 0.1) is 0 Å². The Labute approximate surface area is 149 Å². The first-order valence-electron chi connectivity index (χ1n) is 7.84. The minimum Gasteiger partial charge on any atom is -0.408 e. The van der Waals surface area contributed by atoms with E-state index in [-0.39, 0.29) is 23.6 Å². The highest BCUT2D eigenvalue weighted by atomic mass is 32.2. The zero-order chi connectivity index (χ0) is 18.9. The number of oxazole rings is 1. The first-order chi connectivity index (χ1) is 12.3. The van der Waals surface area contributed by atoms with Gasteiger partial charge in [0.1, 0.15) is 6.54 Å². The Morgan fingerprint density at radius 1 is 1.19 bits per heavy atom. The zero-order valence-corrected chi connectivity index (χ0v) is 14.8. The summed E-state index contributed by atoms with van der Waals surface area (Å²) in [4.78, 5) is 22.9. The van der Waals surface area contributed by atoms with Crippen LogP contribution in [0.15, 0.2) is 62.6 Å². The van der Waals surface area contributed by atoms with Crippen LogP contribution in [0.2, 0.25) is 0 Å². The van der Waals surface area contributed by atoms with E-state index < -0.39 is 21.7 Å². The lowest BCUT2D eigenvalue weighted by Crippen LogP contribution is -2.30. The number of nitrogens with two attached hydrogens (primary N) is 1. The molecule has 1 amide bonds. The van der Waals surface area contributed by atoms with Crippen LogP contribution in [0.3, 0.4) is 0 Å². The molecule has 0 saturated heterocycles. The van der Waals surface area contributed by atoms with Crippen molar-refractivity contribution in [1.29, 1.82) is 0 Å². The second-order valence-electron chi connectivity index (χ2n) is 5.56. The number of fused-ring (bicyclic) bond motifs is 1. The molecule has 2 N–H and O–H groups in total. The molecule has 3 aromatic rings. The summed E-state index contributed by atoms with van der Waals surface area (Å²) < 4.78 is 33.4. The van der Waals surface area contributed by atoms with Gasteiger partial charge in [0.05, 0.1) is 16.1 Å². The van der Waals surface area contributed by atoms with Gasteiger partial charge in [-0.2, -0.15) is 0 Å². The van der Waals surface area contributed by atoms with Crippen LogP contribution in [0.5, 0.6) is 0 Å². The third-order valence-electron chi connectivity index (χ3n) is 3.87. The number of rotatable bonds is 6. The SMILES string of the molecule is CCN(c1ccccc1)S(=O)(=O)c1ccc2c(c1)oc(=O)n2CC(N)=O. The number of hydrogen-bond donors (Lipinski definition) is 1. The number of hydrogen-bond acceptors (Lipinski definition) is 5. The summed E-state index contributed by atoms with van der Waals surface area (Å²) in [5.41, 5.74) is 6.02. The quantitative estimate of drug-likeness (QED) is 0.697. The Morgan fingerprint density at radius 3 is 2.50 bits per heavy atom. The maximum atomic E-state index is 13.0. The zero-order valence-electron chi connectivity index (χ0n) is 14.0. The summed E-state index contributed by atoms with van der Waals surface area (Å²) >= 11 is 0. The van der Waals surface area contributed by atoms with Crippen molar-refractivity contribution in [3.8, 4) is 0 Å². The largest absolute Gasteiger partial charge is 0.420 e. The van der Waals surface area contributed by atoms with Crippen molar-refractivity contribution in [2.45, 2.75) is 18.4 Å². The van der Waals surface area contributed by atoms with Crippen molar-refractivity contribution in [3.63, 3.8) is 0 Å². The number of carbonyl (C=O) groups excluding carboxylic acids is 1. The summed E-state index contributed by atoms with van der Waals surface area (Å²) in [5.74, 6) is -1.48. The monoisotopic (exact) mass is 375 g/mol. The number of aromatic nitrogens is 1. The number of sulfonamides is 1. The maximum Gasteiger partial charge on any atom is 0.420 e. The van der Waals surface area contributed by atoms with Crippen molar-refractivity contribution in [2.75, 3.05) is 10.8 Å². The molecule has 0 saturated carbocycles. The summed E-state index contributed by atoms with van der Waals surface area (Å²) in [7, 11) is -3.85. The molecule has 2 aromatic carbocycles. The van der Waals surface area contributed by atoms with E-state index in [0.717, 1.165) is 4.57 Å². The Morgan fingerprint density at radius 2 is 1.88 bits per heavy atom. The minimum atomic E-state index is -3.85. The second kappa shape index (κ2) is 6.68. The number of benzene rings is 2. The van der Waals surface area contributed by atoms with Crippen molar-refractivity contribution in [2.24, 2.45) is 5.73 Å². The topological polar surface area (TPSA) is 116 Å². The smallest absolute Gasteiger partial charge is 0.408 e. The second-order valence-corrected chi connectivity index (χ2v) is 7.42. The molecule has 8 nitrogen and oxygen atoms in total. The van der Waals surface area contributed by atoms with Gasteiger partial charge in [-0.1, -0.05) is 18.2 Å². The van der Waals surface area contributed by atoms with Gasteiger partial charge in [0.2, 0.25) is 5.91 Å². The molecule has 0 spiro atoms. The van der Waals surface area contributed by atoms with Crippen molar-refractivity contribution in [3.05, 3.63) is 59.1 Å². The molecule has 1 heterocycles. The molecule has 0 aliphatic heterocycles. The lowest BCUT2D eigenvalue weighted by Gasteiger charge is -2.22. The van der Waals surface area contributed by atoms with Crippen LogP contribution in [-0.2, 0) is 21.4 Å². The minimum absolute atomic E-state index is 0.0179. The van der Waals surface area contributed by atoms with Crippen molar-refractivity contribution < 1.29 is 17.6 Å². The average molecular weight is 375 g/mol. The van der Waals surface area contributed by atoms with Crippen LogP contribution >= 0.6 is 0 Å². The highest BCUT2D eigenvalue weighted by Gasteiger charge is 2.25. The number of para-hydroxylation sites is 1. The highest BCUT2D eigenvalue weighted by molar-refractivity contribution is 7.92. The summed E-state index contributed by atoms with van der Waals surface area (Å²) in [6, 6.07) is 12.8. The van der Waals surface area contributed by atoms with Crippen LogP contribution in [0.25, 0.3) is 11.1 Å². The predicted octanol–water partition coefficient (Wildman–Crippen LogP) is 1.30. The van der Waals surface area contributed by atoms with E-state index in [1.807, 2.05) is 0 Å². The average Bonchev–Trinajstić information content (AvgIpc) is 2.90. The lowest BCUT2D eigenvalue weighted by molar-refractivity contribution is -0.118. The molecule has 3 rings (SSSR count). The summed E-state index contributed by atoms with van der Waals surface area (Å²) in [6.45, 7) is 1.62. The van der Waals surface area contributed by atoms with E-state index >= 15 is 0 Å². The molecule has 9 heteroatoms. The lowest BCUT2D eigenvalue weighted by atomic mass is 10.3. The molecule has 0 fully saturated rings. The van der Waals surface area contributed by atoms with Crippen LogP contribution < -0.4 is 15.8 Å². The first-order valence-corrected chi connectivity index (χ1v) is 9.28. The van der Waals surface area contributed by atoms with Crippen molar-refractivity contribution in [1.82, 2.24) is 4.57 Å². The third kappa shape index (κ3) is 3.08. The Hall–Kier alpha value is -3.07. The number of anilines is 1. The molecular weight excluding hydrogens is 358 g/mol. The molecule has 0 aliphatic rings. The predicted molar refractivity (Wildman–Crippen MR) is 96.3 cm³/mol. The molecule has 136 valence electrons. The van der Waals surface area contributed by atoms with Crippen LogP contribution in [0.1, 0.15) is 6.92 Å². The van der Waals surface area contributed by atoms with E-state index in [4.69, 9.17) is 10.2 Å². The van der Waals surface area contributed by atoms with Gasteiger partial charge in [-0.05, 0) is 31.2 Å². The summed E-state index contributed by atoms with van der Waals surface area (Å²) in [5, 5.41) is 0.